The number of hydrogen-bond acceptors (Lipinski definition) is 3. The number of hydrogen-bond donors (Lipinski definition) is 1. The number of rotatable bonds is 7. The van der Waals surface area contributed by atoms with Gasteiger partial charge < -0.3 is 5.32 Å². The van der Waals surface area contributed by atoms with Gasteiger partial charge in [0.25, 0.3) is 0 Å². The lowest BCUT2D eigenvalue weighted by Gasteiger charge is -2.32. The Labute approximate surface area is 129 Å². The molecule has 1 aliphatic carbocycles. The highest BCUT2D eigenvalue weighted by molar-refractivity contribution is 7.85. The van der Waals surface area contributed by atoms with Crippen LogP contribution in [0.3, 0.4) is 0 Å². The van der Waals surface area contributed by atoms with Crippen molar-refractivity contribution in [1.82, 2.24) is 5.32 Å². The minimum atomic E-state index is -0.620. The molecule has 1 aromatic rings. The van der Waals surface area contributed by atoms with Gasteiger partial charge in [0.1, 0.15) is 0 Å². The average molecular weight is 314 g/mol. The Morgan fingerprint density at radius 1 is 1.45 bits per heavy atom. The van der Waals surface area contributed by atoms with Gasteiger partial charge in [-0.15, -0.1) is 11.3 Å². The van der Waals surface area contributed by atoms with Crippen LogP contribution in [0.4, 0.5) is 0 Å². The van der Waals surface area contributed by atoms with Crippen molar-refractivity contribution in [1.29, 1.82) is 0 Å². The zero-order valence-corrected chi connectivity index (χ0v) is 14.3. The standard InChI is InChI=1S/C16H27NOS2/c1-3-13(11-15-8-6-10-19-15)17-14-7-5-9-16(12-14)20(18)4-2/h6,8,10,13-14,16-17H,3-5,7,9,11-12H2,1-2H3/t13-,14-,16-,20-/m1/s1. The molecule has 0 amide bonds. The summed E-state index contributed by atoms with van der Waals surface area (Å²) in [4.78, 5) is 1.47. The molecule has 2 rings (SSSR count). The second kappa shape index (κ2) is 8.30. The van der Waals surface area contributed by atoms with Gasteiger partial charge in [0.2, 0.25) is 0 Å². The first-order valence-corrected chi connectivity index (χ1v) is 10.1. The second-order valence-corrected chi connectivity index (χ2v) is 8.75. The van der Waals surface area contributed by atoms with E-state index >= 15 is 0 Å². The summed E-state index contributed by atoms with van der Waals surface area (Å²) in [5.74, 6) is 0.809. The van der Waals surface area contributed by atoms with Crippen molar-refractivity contribution in [3.8, 4) is 0 Å². The minimum absolute atomic E-state index is 0.422. The van der Waals surface area contributed by atoms with Gasteiger partial charge >= 0.3 is 0 Å². The Hall–Kier alpha value is -0.190. The molecule has 4 heteroatoms. The third-order valence-corrected chi connectivity index (χ3v) is 6.91. The van der Waals surface area contributed by atoms with Crippen LogP contribution >= 0.6 is 11.3 Å². The zero-order chi connectivity index (χ0) is 14.4. The molecule has 1 heterocycles. The summed E-state index contributed by atoms with van der Waals surface area (Å²) in [5, 5.41) is 6.40. The molecule has 20 heavy (non-hydrogen) atoms. The quantitative estimate of drug-likeness (QED) is 0.831. The normalized spacial score (nSPS) is 26.3. The van der Waals surface area contributed by atoms with Crippen molar-refractivity contribution in [2.24, 2.45) is 0 Å². The monoisotopic (exact) mass is 313 g/mol. The predicted molar refractivity (Wildman–Crippen MR) is 90.0 cm³/mol. The zero-order valence-electron chi connectivity index (χ0n) is 12.6. The Balaban J connectivity index is 1.85. The first-order chi connectivity index (χ1) is 9.72. The third-order valence-electron chi connectivity index (χ3n) is 4.27. The van der Waals surface area contributed by atoms with E-state index in [9.17, 15) is 4.21 Å². The molecule has 0 aliphatic heterocycles. The fraction of sp³-hybridized carbons (Fsp3) is 0.750. The van der Waals surface area contributed by atoms with Gasteiger partial charge in [0.15, 0.2) is 0 Å². The number of thiophene rings is 1. The van der Waals surface area contributed by atoms with Crippen molar-refractivity contribution in [2.45, 2.75) is 69.7 Å². The van der Waals surface area contributed by atoms with E-state index in [1.54, 1.807) is 0 Å². The fourth-order valence-corrected chi connectivity index (χ4v) is 5.23. The Kier molecular flexibility index (Phi) is 6.72. The molecular formula is C16H27NOS2. The van der Waals surface area contributed by atoms with Crippen molar-refractivity contribution >= 4 is 22.1 Å². The lowest BCUT2D eigenvalue weighted by Crippen LogP contribution is -2.43. The van der Waals surface area contributed by atoms with Gasteiger partial charge in [-0.25, -0.2) is 0 Å². The smallest absolute Gasteiger partial charge is 0.0362 e. The van der Waals surface area contributed by atoms with Crippen LogP contribution in [0.1, 0.15) is 50.8 Å². The summed E-state index contributed by atoms with van der Waals surface area (Å²) in [6, 6.07) is 5.49. The van der Waals surface area contributed by atoms with E-state index in [-0.39, 0.29) is 0 Å². The van der Waals surface area contributed by atoms with Crippen molar-refractivity contribution in [3.05, 3.63) is 22.4 Å². The number of nitrogens with one attached hydrogen (secondary N) is 1. The molecule has 1 N–H and O–H groups in total. The highest BCUT2D eigenvalue weighted by Gasteiger charge is 2.26. The molecule has 1 aliphatic rings. The molecule has 1 aromatic heterocycles. The molecule has 0 saturated heterocycles. The molecule has 1 fully saturated rings. The van der Waals surface area contributed by atoms with Crippen molar-refractivity contribution in [3.63, 3.8) is 0 Å². The van der Waals surface area contributed by atoms with Crippen molar-refractivity contribution in [2.75, 3.05) is 5.75 Å². The third kappa shape index (κ3) is 4.68. The van der Waals surface area contributed by atoms with E-state index in [1.807, 2.05) is 18.3 Å². The minimum Gasteiger partial charge on any atom is -0.311 e. The SMILES string of the molecule is CC[C@H](Cc1cccs1)N[C@@H]1CCC[C@@H]([S@](=O)CC)C1. The summed E-state index contributed by atoms with van der Waals surface area (Å²) < 4.78 is 12.0. The van der Waals surface area contributed by atoms with Crippen molar-refractivity contribution < 1.29 is 4.21 Å². The van der Waals surface area contributed by atoms with Crippen LogP contribution < -0.4 is 5.32 Å². The van der Waals surface area contributed by atoms with E-state index in [4.69, 9.17) is 0 Å². The second-order valence-electron chi connectivity index (χ2n) is 5.71. The van der Waals surface area contributed by atoms with Crippen LogP contribution in [0.5, 0.6) is 0 Å². The molecule has 1 saturated carbocycles. The highest BCUT2D eigenvalue weighted by Crippen LogP contribution is 2.24. The highest BCUT2D eigenvalue weighted by atomic mass is 32.2. The van der Waals surface area contributed by atoms with Gasteiger partial charge in [0, 0.05) is 38.8 Å². The van der Waals surface area contributed by atoms with E-state index in [1.165, 1.54) is 17.7 Å². The maximum atomic E-state index is 12.0. The summed E-state index contributed by atoms with van der Waals surface area (Å²) in [6.07, 6.45) is 7.02. The Morgan fingerprint density at radius 3 is 2.95 bits per heavy atom. The molecular weight excluding hydrogens is 286 g/mol. The summed E-state index contributed by atoms with van der Waals surface area (Å²) in [7, 11) is -0.620. The molecule has 0 radical (unpaired) electrons. The van der Waals surface area contributed by atoms with Gasteiger partial charge in [-0.05, 0) is 43.6 Å². The topological polar surface area (TPSA) is 29.1 Å². The Morgan fingerprint density at radius 2 is 2.30 bits per heavy atom. The fourth-order valence-electron chi connectivity index (χ4n) is 3.10. The van der Waals surface area contributed by atoms with Gasteiger partial charge in [0.05, 0.1) is 0 Å². The average Bonchev–Trinajstić information content (AvgIpc) is 2.99. The molecule has 0 aromatic carbocycles. The van der Waals surface area contributed by atoms with E-state index in [2.05, 4.69) is 29.8 Å². The van der Waals surface area contributed by atoms with Crippen LogP contribution in [0, 0.1) is 0 Å². The summed E-state index contributed by atoms with van der Waals surface area (Å²) in [6.45, 7) is 4.30. The molecule has 4 atom stereocenters. The molecule has 2 nitrogen and oxygen atoms in total. The molecule has 0 unspecified atom stereocenters. The first-order valence-electron chi connectivity index (χ1n) is 7.88. The summed E-state index contributed by atoms with van der Waals surface area (Å²) in [5.41, 5.74) is 0. The van der Waals surface area contributed by atoms with Gasteiger partial charge in [-0.3, -0.25) is 4.21 Å². The van der Waals surface area contributed by atoms with Gasteiger partial charge in [-0.1, -0.05) is 26.3 Å². The van der Waals surface area contributed by atoms with Crippen LogP contribution in [0.15, 0.2) is 17.5 Å². The lowest BCUT2D eigenvalue weighted by molar-refractivity contribution is 0.333. The van der Waals surface area contributed by atoms with Gasteiger partial charge in [-0.2, -0.15) is 0 Å². The predicted octanol–water partition coefficient (Wildman–Crippen LogP) is 3.74. The van der Waals surface area contributed by atoms with Crippen LogP contribution in [-0.2, 0) is 17.2 Å². The van der Waals surface area contributed by atoms with Crippen LogP contribution in [0.2, 0.25) is 0 Å². The van der Waals surface area contributed by atoms with Crippen LogP contribution in [0.25, 0.3) is 0 Å². The first kappa shape index (κ1) is 16.2. The van der Waals surface area contributed by atoms with E-state index < -0.39 is 10.8 Å². The Bertz CT molecular complexity index is 405. The molecule has 0 bridgehead atoms. The summed E-state index contributed by atoms with van der Waals surface area (Å²) >= 11 is 1.85. The molecule has 114 valence electrons. The maximum Gasteiger partial charge on any atom is 0.0362 e. The van der Waals surface area contributed by atoms with Crippen LogP contribution in [-0.4, -0.2) is 27.3 Å². The van der Waals surface area contributed by atoms with E-state index in [0.29, 0.717) is 17.3 Å². The van der Waals surface area contributed by atoms with E-state index in [0.717, 1.165) is 31.4 Å². The lowest BCUT2D eigenvalue weighted by atomic mass is 9.93. The molecule has 0 spiro atoms. The maximum absolute atomic E-state index is 12.0. The largest absolute Gasteiger partial charge is 0.311 e.